The first-order valence-corrected chi connectivity index (χ1v) is 5.34. The second kappa shape index (κ2) is 6.01. The van der Waals surface area contributed by atoms with Crippen molar-refractivity contribution in [3.05, 3.63) is 23.8 Å². The zero-order chi connectivity index (χ0) is 10.3. The van der Waals surface area contributed by atoms with E-state index in [1.807, 2.05) is 0 Å². The molecule has 0 rings (SSSR count). The molecule has 0 aliphatic heterocycles. The molecule has 0 spiro atoms. The van der Waals surface area contributed by atoms with Crippen LogP contribution in [0.4, 0.5) is 0 Å². The van der Waals surface area contributed by atoms with Gasteiger partial charge in [-0.15, -0.1) is 0 Å². The molecule has 0 aromatic rings. The van der Waals surface area contributed by atoms with Gasteiger partial charge in [-0.3, -0.25) is 0 Å². The Morgan fingerprint density at radius 1 is 1.31 bits per heavy atom. The monoisotopic (exact) mass is 180 g/mol. The third-order valence-corrected chi connectivity index (χ3v) is 2.76. The molecule has 0 saturated carbocycles. The number of rotatable bonds is 5. The molecule has 0 aliphatic carbocycles. The van der Waals surface area contributed by atoms with Crippen LogP contribution in [-0.2, 0) is 0 Å². The van der Waals surface area contributed by atoms with Crippen LogP contribution in [-0.4, -0.2) is 0 Å². The molecule has 0 aliphatic rings. The lowest BCUT2D eigenvalue weighted by Crippen LogP contribution is -2.12. The van der Waals surface area contributed by atoms with Crippen LogP contribution in [0.15, 0.2) is 23.8 Å². The van der Waals surface area contributed by atoms with Crippen molar-refractivity contribution in [2.75, 3.05) is 0 Å². The first-order chi connectivity index (χ1) is 6.04. The maximum atomic E-state index is 2.33. The summed E-state index contributed by atoms with van der Waals surface area (Å²) < 4.78 is 0. The topological polar surface area (TPSA) is 0 Å². The van der Waals surface area contributed by atoms with Gasteiger partial charge < -0.3 is 0 Å². The third-order valence-electron chi connectivity index (χ3n) is 2.76. The van der Waals surface area contributed by atoms with Crippen LogP contribution in [0.1, 0.15) is 53.9 Å². The zero-order valence-electron chi connectivity index (χ0n) is 9.85. The molecule has 0 radical (unpaired) electrons. The van der Waals surface area contributed by atoms with Crippen molar-refractivity contribution in [1.82, 2.24) is 0 Å². The Bertz CT molecular complexity index is 182. The lowest BCUT2D eigenvalue weighted by molar-refractivity contribution is 0.392. The fraction of sp³-hybridized carbons (Fsp3) is 0.692. The van der Waals surface area contributed by atoms with Gasteiger partial charge in [0.05, 0.1) is 0 Å². The molecule has 0 aromatic carbocycles. The van der Waals surface area contributed by atoms with Crippen LogP contribution in [0.3, 0.4) is 0 Å². The summed E-state index contributed by atoms with van der Waals surface area (Å²) in [7, 11) is 0. The quantitative estimate of drug-likeness (QED) is 0.537. The minimum Gasteiger partial charge on any atom is -0.0877 e. The van der Waals surface area contributed by atoms with Crippen molar-refractivity contribution in [3.63, 3.8) is 0 Å². The van der Waals surface area contributed by atoms with Gasteiger partial charge in [0.25, 0.3) is 0 Å². The average molecular weight is 180 g/mol. The Labute approximate surface area is 83.7 Å². The molecule has 0 saturated heterocycles. The van der Waals surface area contributed by atoms with Gasteiger partial charge in [-0.05, 0) is 25.7 Å². The molecule has 0 heteroatoms. The molecular formula is C13H24. The van der Waals surface area contributed by atoms with Gasteiger partial charge in [0.15, 0.2) is 0 Å². The van der Waals surface area contributed by atoms with Crippen molar-refractivity contribution >= 4 is 0 Å². The van der Waals surface area contributed by atoms with E-state index >= 15 is 0 Å². The van der Waals surface area contributed by atoms with Crippen LogP contribution >= 0.6 is 0 Å². The Hall–Kier alpha value is -0.520. The van der Waals surface area contributed by atoms with Crippen LogP contribution < -0.4 is 0 Å². The maximum Gasteiger partial charge on any atom is -0.0144 e. The molecule has 0 amide bonds. The van der Waals surface area contributed by atoms with E-state index in [0.717, 1.165) is 0 Å². The Morgan fingerprint density at radius 3 is 2.38 bits per heavy atom. The maximum absolute atomic E-state index is 2.33. The number of hydrogen-bond donors (Lipinski definition) is 0. The van der Waals surface area contributed by atoms with Gasteiger partial charge in [0.1, 0.15) is 0 Å². The summed E-state index contributed by atoms with van der Waals surface area (Å²) in [5, 5.41) is 0. The second-order valence-corrected chi connectivity index (χ2v) is 4.36. The van der Waals surface area contributed by atoms with Gasteiger partial charge in [0.2, 0.25) is 0 Å². The highest BCUT2D eigenvalue weighted by Gasteiger charge is 2.18. The predicted molar refractivity (Wildman–Crippen MR) is 61.9 cm³/mol. The van der Waals surface area contributed by atoms with Crippen molar-refractivity contribution < 1.29 is 0 Å². The van der Waals surface area contributed by atoms with Crippen molar-refractivity contribution in [2.45, 2.75) is 53.9 Å². The summed E-state index contributed by atoms with van der Waals surface area (Å²) in [4.78, 5) is 0. The van der Waals surface area contributed by atoms with E-state index in [1.54, 1.807) is 0 Å². The lowest BCUT2D eigenvalue weighted by atomic mass is 9.80. The van der Waals surface area contributed by atoms with Gasteiger partial charge in [-0.1, -0.05) is 57.4 Å². The Morgan fingerprint density at radius 2 is 1.92 bits per heavy atom. The second-order valence-electron chi connectivity index (χ2n) is 4.36. The molecule has 0 unspecified atom stereocenters. The van der Waals surface area contributed by atoms with E-state index in [4.69, 9.17) is 0 Å². The Balaban J connectivity index is 4.25. The van der Waals surface area contributed by atoms with Gasteiger partial charge in [-0.25, -0.2) is 0 Å². The highest BCUT2D eigenvalue weighted by molar-refractivity contribution is 5.16. The minimum atomic E-state index is 0.371. The van der Waals surface area contributed by atoms with Crippen LogP contribution in [0.2, 0.25) is 0 Å². The van der Waals surface area contributed by atoms with E-state index in [-0.39, 0.29) is 0 Å². The molecule has 0 heterocycles. The van der Waals surface area contributed by atoms with Crippen LogP contribution in [0, 0.1) is 5.41 Å². The van der Waals surface area contributed by atoms with Crippen LogP contribution in [0.25, 0.3) is 0 Å². The molecule has 76 valence electrons. The largest absolute Gasteiger partial charge is 0.0877 e. The van der Waals surface area contributed by atoms with Crippen LogP contribution in [0.5, 0.6) is 0 Å². The first-order valence-electron chi connectivity index (χ1n) is 5.34. The van der Waals surface area contributed by atoms with Gasteiger partial charge >= 0.3 is 0 Å². The summed E-state index contributed by atoms with van der Waals surface area (Å²) >= 11 is 0. The van der Waals surface area contributed by atoms with Crippen molar-refractivity contribution in [3.8, 4) is 0 Å². The van der Waals surface area contributed by atoms with Gasteiger partial charge in [0, 0.05) is 0 Å². The summed E-state index contributed by atoms with van der Waals surface area (Å²) in [6.45, 7) is 11.2. The average Bonchev–Trinajstić information content (AvgIpc) is 2.10. The van der Waals surface area contributed by atoms with E-state index in [0.29, 0.717) is 5.41 Å². The predicted octanol–water partition coefficient (Wildman–Crippen LogP) is 4.73. The zero-order valence-corrected chi connectivity index (χ0v) is 9.85. The SMILES string of the molecule is CC=CC=C(C)C(C)(C)CCCC. The number of allylic oxidation sites excluding steroid dienone is 4. The molecule has 0 aromatic heterocycles. The fourth-order valence-corrected chi connectivity index (χ4v) is 1.28. The number of hydrogen-bond acceptors (Lipinski definition) is 0. The third kappa shape index (κ3) is 4.92. The summed E-state index contributed by atoms with van der Waals surface area (Å²) in [6.07, 6.45) is 10.4. The lowest BCUT2D eigenvalue weighted by Gasteiger charge is -2.25. The van der Waals surface area contributed by atoms with Crippen molar-refractivity contribution in [2.24, 2.45) is 5.41 Å². The van der Waals surface area contributed by atoms with E-state index in [2.05, 4.69) is 52.8 Å². The molecule has 0 atom stereocenters. The molecule has 0 bridgehead atoms. The molecule has 0 nitrogen and oxygen atoms in total. The first kappa shape index (κ1) is 12.5. The molecule has 0 N–H and O–H groups in total. The standard InChI is InChI=1S/C13H24/c1-6-8-10-12(3)13(4,5)11-9-7-2/h6,8,10H,7,9,11H2,1-5H3. The molecule has 13 heavy (non-hydrogen) atoms. The smallest absolute Gasteiger partial charge is 0.0144 e. The summed E-state index contributed by atoms with van der Waals surface area (Å²) in [5.41, 5.74) is 1.86. The van der Waals surface area contributed by atoms with E-state index in [9.17, 15) is 0 Å². The van der Waals surface area contributed by atoms with Crippen molar-refractivity contribution in [1.29, 1.82) is 0 Å². The van der Waals surface area contributed by atoms with Gasteiger partial charge in [-0.2, -0.15) is 0 Å². The Kier molecular flexibility index (Phi) is 5.77. The minimum absolute atomic E-state index is 0.371. The van der Waals surface area contributed by atoms with E-state index < -0.39 is 0 Å². The molecule has 0 fully saturated rings. The number of unbranched alkanes of at least 4 members (excludes halogenated alkanes) is 1. The summed E-state index contributed by atoms with van der Waals surface area (Å²) in [5.74, 6) is 0. The normalized spacial score (nSPS) is 14.1. The molecular weight excluding hydrogens is 156 g/mol. The fourth-order valence-electron chi connectivity index (χ4n) is 1.28. The highest BCUT2D eigenvalue weighted by Crippen LogP contribution is 2.31. The summed E-state index contributed by atoms with van der Waals surface area (Å²) in [6, 6.07) is 0. The van der Waals surface area contributed by atoms with E-state index in [1.165, 1.54) is 24.8 Å². The highest BCUT2D eigenvalue weighted by atomic mass is 14.2.